The molecule has 1 aliphatic heterocycles. The fraction of sp³-hybridized carbons (Fsp3) is 0.353. The molecule has 0 atom stereocenters. The molecular formula is C17H20N2S. The van der Waals surface area contributed by atoms with Gasteiger partial charge in [0, 0.05) is 24.0 Å². The Morgan fingerprint density at radius 3 is 2.45 bits per heavy atom. The second kappa shape index (κ2) is 5.51. The fourth-order valence-electron chi connectivity index (χ4n) is 2.98. The van der Waals surface area contributed by atoms with Crippen LogP contribution in [0.15, 0.2) is 36.4 Å². The van der Waals surface area contributed by atoms with Crippen LogP contribution in [-0.4, -0.2) is 36.1 Å². The van der Waals surface area contributed by atoms with Crippen molar-refractivity contribution in [1.82, 2.24) is 4.90 Å². The van der Waals surface area contributed by atoms with E-state index in [0.717, 1.165) is 31.2 Å². The predicted molar refractivity (Wildman–Crippen MR) is 90.8 cm³/mol. The van der Waals surface area contributed by atoms with Crippen LogP contribution in [0.2, 0.25) is 0 Å². The Balaban J connectivity index is 1.93. The van der Waals surface area contributed by atoms with Crippen LogP contribution in [0.25, 0.3) is 10.8 Å². The molecule has 0 unspecified atom stereocenters. The molecule has 0 amide bonds. The summed E-state index contributed by atoms with van der Waals surface area (Å²) < 4.78 is 0. The van der Waals surface area contributed by atoms with Gasteiger partial charge in [-0.15, -0.1) is 0 Å². The molecule has 104 valence electrons. The molecule has 2 nitrogen and oxygen atoms in total. The van der Waals surface area contributed by atoms with E-state index in [0.29, 0.717) is 0 Å². The normalized spacial score (nSPS) is 13.8. The van der Waals surface area contributed by atoms with E-state index in [1.807, 2.05) is 0 Å². The second-order valence-electron chi connectivity index (χ2n) is 5.16. The maximum Gasteiger partial charge on any atom is 0.114 e. The van der Waals surface area contributed by atoms with Crippen LogP contribution in [0.1, 0.15) is 19.4 Å². The Hall–Kier alpha value is -1.45. The van der Waals surface area contributed by atoms with E-state index in [9.17, 15) is 0 Å². The number of benzene rings is 2. The Morgan fingerprint density at radius 1 is 1.05 bits per heavy atom. The minimum absolute atomic E-state index is 0.967. The number of hydrogen-bond acceptors (Lipinski definition) is 2. The van der Waals surface area contributed by atoms with Crippen LogP contribution in [-0.2, 0) is 0 Å². The first-order chi connectivity index (χ1) is 9.76. The Bertz CT molecular complexity index is 641. The van der Waals surface area contributed by atoms with E-state index < -0.39 is 0 Å². The summed E-state index contributed by atoms with van der Waals surface area (Å²) >= 11 is 5.69. The van der Waals surface area contributed by atoms with Crippen molar-refractivity contribution in [2.45, 2.75) is 13.8 Å². The molecule has 1 heterocycles. The maximum absolute atomic E-state index is 5.69. The SMILES string of the molecule is CCN(CC)CCN1C(=S)c2cccc3cccc1c23. The Morgan fingerprint density at radius 2 is 1.75 bits per heavy atom. The zero-order valence-corrected chi connectivity index (χ0v) is 12.9. The van der Waals surface area contributed by atoms with Gasteiger partial charge in [-0.3, -0.25) is 0 Å². The quantitative estimate of drug-likeness (QED) is 0.773. The zero-order chi connectivity index (χ0) is 14.1. The Kier molecular flexibility index (Phi) is 3.72. The fourth-order valence-corrected chi connectivity index (χ4v) is 3.34. The highest BCUT2D eigenvalue weighted by Gasteiger charge is 2.26. The van der Waals surface area contributed by atoms with Gasteiger partial charge in [-0.05, 0) is 24.5 Å². The summed E-state index contributed by atoms with van der Waals surface area (Å²) in [7, 11) is 0. The molecule has 0 N–H and O–H groups in total. The summed E-state index contributed by atoms with van der Waals surface area (Å²) in [6.45, 7) is 8.62. The lowest BCUT2D eigenvalue weighted by Gasteiger charge is -2.25. The van der Waals surface area contributed by atoms with E-state index in [4.69, 9.17) is 12.2 Å². The number of nitrogens with zero attached hydrogens (tertiary/aromatic N) is 2. The van der Waals surface area contributed by atoms with Crippen LogP contribution in [0, 0.1) is 0 Å². The lowest BCUT2D eigenvalue weighted by Crippen LogP contribution is -2.36. The van der Waals surface area contributed by atoms with Gasteiger partial charge in [0.1, 0.15) is 4.99 Å². The van der Waals surface area contributed by atoms with Crippen molar-refractivity contribution < 1.29 is 0 Å². The van der Waals surface area contributed by atoms with E-state index in [1.54, 1.807) is 0 Å². The summed E-state index contributed by atoms with van der Waals surface area (Å²) in [6, 6.07) is 12.9. The smallest absolute Gasteiger partial charge is 0.114 e. The maximum atomic E-state index is 5.69. The first-order valence-electron chi connectivity index (χ1n) is 7.32. The van der Waals surface area contributed by atoms with Gasteiger partial charge in [-0.25, -0.2) is 0 Å². The van der Waals surface area contributed by atoms with Gasteiger partial charge < -0.3 is 9.80 Å². The standard InChI is InChI=1S/C17H20N2S/c1-3-18(4-2)11-12-19-15-10-6-8-13-7-5-9-14(16(13)15)17(19)20/h5-10H,3-4,11-12H2,1-2H3. The van der Waals surface area contributed by atoms with E-state index in [2.05, 4.69) is 60.0 Å². The van der Waals surface area contributed by atoms with Crippen molar-refractivity contribution in [3.8, 4) is 0 Å². The summed E-state index contributed by atoms with van der Waals surface area (Å²) in [5.74, 6) is 0. The number of anilines is 1. The van der Waals surface area contributed by atoms with Crippen molar-refractivity contribution in [3.63, 3.8) is 0 Å². The van der Waals surface area contributed by atoms with Gasteiger partial charge in [0.15, 0.2) is 0 Å². The number of thiocarbonyl (C=S) groups is 1. The van der Waals surface area contributed by atoms with Crippen LogP contribution in [0.5, 0.6) is 0 Å². The molecule has 2 aromatic rings. The predicted octanol–water partition coefficient (Wildman–Crippen LogP) is 3.68. The third-order valence-corrected chi connectivity index (χ3v) is 4.62. The zero-order valence-electron chi connectivity index (χ0n) is 12.1. The summed E-state index contributed by atoms with van der Waals surface area (Å²) in [5, 5.41) is 2.60. The first kappa shape index (κ1) is 13.5. The number of likely N-dealkylation sites (N-methyl/N-ethyl adjacent to an activating group) is 1. The molecule has 0 radical (unpaired) electrons. The molecule has 0 aromatic heterocycles. The molecular weight excluding hydrogens is 264 g/mol. The lowest BCUT2D eigenvalue weighted by molar-refractivity contribution is 0.313. The topological polar surface area (TPSA) is 6.48 Å². The summed E-state index contributed by atoms with van der Waals surface area (Å²) in [6.07, 6.45) is 0. The monoisotopic (exact) mass is 284 g/mol. The van der Waals surface area contributed by atoms with Crippen LogP contribution in [0.4, 0.5) is 5.69 Å². The second-order valence-corrected chi connectivity index (χ2v) is 5.55. The molecule has 0 saturated heterocycles. The molecule has 3 rings (SSSR count). The Labute approximate surface area is 126 Å². The average Bonchev–Trinajstić information content (AvgIpc) is 2.76. The first-order valence-corrected chi connectivity index (χ1v) is 7.73. The van der Waals surface area contributed by atoms with Crippen molar-refractivity contribution in [2.24, 2.45) is 0 Å². The highest BCUT2D eigenvalue weighted by atomic mass is 32.1. The van der Waals surface area contributed by atoms with E-state index in [-0.39, 0.29) is 0 Å². The van der Waals surface area contributed by atoms with Crippen LogP contribution in [0.3, 0.4) is 0 Å². The molecule has 20 heavy (non-hydrogen) atoms. The van der Waals surface area contributed by atoms with E-state index in [1.165, 1.54) is 22.0 Å². The largest absolute Gasteiger partial charge is 0.330 e. The highest BCUT2D eigenvalue weighted by Crippen LogP contribution is 2.37. The van der Waals surface area contributed by atoms with Gasteiger partial charge in [0.05, 0.1) is 5.69 Å². The van der Waals surface area contributed by atoms with Crippen molar-refractivity contribution in [1.29, 1.82) is 0 Å². The molecule has 0 spiro atoms. The molecule has 0 fully saturated rings. The average molecular weight is 284 g/mol. The van der Waals surface area contributed by atoms with Crippen molar-refractivity contribution in [3.05, 3.63) is 42.0 Å². The van der Waals surface area contributed by atoms with Gasteiger partial charge in [0.25, 0.3) is 0 Å². The van der Waals surface area contributed by atoms with Gasteiger partial charge in [-0.2, -0.15) is 0 Å². The molecule has 3 heteroatoms. The molecule has 2 aromatic carbocycles. The van der Waals surface area contributed by atoms with Crippen LogP contribution < -0.4 is 4.90 Å². The summed E-state index contributed by atoms with van der Waals surface area (Å²) in [5.41, 5.74) is 2.49. The minimum Gasteiger partial charge on any atom is -0.330 e. The lowest BCUT2D eigenvalue weighted by atomic mass is 10.1. The van der Waals surface area contributed by atoms with Crippen molar-refractivity contribution >= 4 is 33.7 Å². The summed E-state index contributed by atoms with van der Waals surface area (Å²) in [4.78, 5) is 5.71. The molecule has 0 saturated carbocycles. The molecule has 0 bridgehead atoms. The minimum atomic E-state index is 0.967. The van der Waals surface area contributed by atoms with Gasteiger partial charge in [-0.1, -0.05) is 56.4 Å². The van der Waals surface area contributed by atoms with Gasteiger partial charge >= 0.3 is 0 Å². The molecule has 0 aliphatic carbocycles. The number of rotatable bonds is 5. The third-order valence-electron chi connectivity index (χ3n) is 4.18. The van der Waals surface area contributed by atoms with Crippen molar-refractivity contribution in [2.75, 3.05) is 31.1 Å². The van der Waals surface area contributed by atoms with Crippen LogP contribution >= 0.6 is 12.2 Å². The highest BCUT2D eigenvalue weighted by molar-refractivity contribution is 7.81. The van der Waals surface area contributed by atoms with E-state index >= 15 is 0 Å². The third kappa shape index (κ3) is 2.11. The molecule has 1 aliphatic rings. The van der Waals surface area contributed by atoms with Gasteiger partial charge in [0.2, 0.25) is 0 Å². The number of hydrogen-bond donors (Lipinski definition) is 0.